The van der Waals surface area contributed by atoms with E-state index in [-0.39, 0.29) is 0 Å². The number of para-hydroxylation sites is 5. The molecule has 4 nitrogen and oxygen atoms in total. The van der Waals surface area contributed by atoms with Crippen LogP contribution in [0.4, 0.5) is 17.1 Å². The van der Waals surface area contributed by atoms with Crippen molar-refractivity contribution in [2.45, 2.75) is 0 Å². The first-order chi connectivity index (χ1) is 28.7. The summed E-state index contributed by atoms with van der Waals surface area (Å²) >= 11 is 0. The molecule has 272 valence electrons. The molecule has 58 heavy (non-hydrogen) atoms. The number of furan rings is 3. The van der Waals surface area contributed by atoms with E-state index in [1.165, 1.54) is 0 Å². The maximum Gasteiger partial charge on any atom is 0.143 e. The summed E-state index contributed by atoms with van der Waals surface area (Å²) in [6.45, 7) is 0. The summed E-state index contributed by atoms with van der Waals surface area (Å²) in [6.07, 6.45) is 0. The first-order valence-electron chi connectivity index (χ1n) is 19.6. The van der Waals surface area contributed by atoms with E-state index in [0.29, 0.717) is 0 Å². The van der Waals surface area contributed by atoms with Crippen LogP contribution in [0.15, 0.2) is 213 Å². The molecular weight excluding hydrogens is 711 g/mol. The van der Waals surface area contributed by atoms with Crippen molar-refractivity contribution in [1.29, 1.82) is 0 Å². The van der Waals surface area contributed by atoms with Crippen molar-refractivity contribution in [3.05, 3.63) is 200 Å². The summed E-state index contributed by atoms with van der Waals surface area (Å²) in [5.74, 6) is 0. The second-order valence-corrected chi connectivity index (χ2v) is 14.8. The minimum absolute atomic E-state index is 0.896. The highest BCUT2D eigenvalue weighted by Gasteiger charge is 2.18. The van der Waals surface area contributed by atoms with Crippen LogP contribution in [-0.4, -0.2) is 0 Å². The lowest BCUT2D eigenvalue weighted by Gasteiger charge is -2.26. The van der Waals surface area contributed by atoms with Gasteiger partial charge in [0.2, 0.25) is 0 Å². The Labute approximate surface area is 333 Å². The van der Waals surface area contributed by atoms with Crippen molar-refractivity contribution >= 4 is 82.9 Å². The van der Waals surface area contributed by atoms with E-state index in [9.17, 15) is 0 Å². The second-order valence-electron chi connectivity index (χ2n) is 14.8. The molecule has 0 atom stereocenters. The quantitative estimate of drug-likeness (QED) is 0.170. The number of anilines is 3. The largest absolute Gasteiger partial charge is 0.456 e. The lowest BCUT2D eigenvalue weighted by molar-refractivity contribution is 0.669. The zero-order chi connectivity index (χ0) is 38.2. The summed E-state index contributed by atoms with van der Waals surface area (Å²) in [5.41, 5.74) is 15.2. The molecule has 0 aliphatic heterocycles. The smallest absolute Gasteiger partial charge is 0.143 e. The predicted octanol–water partition coefficient (Wildman–Crippen LogP) is 15.9. The van der Waals surface area contributed by atoms with Gasteiger partial charge in [0.25, 0.3) is 0 Å². The fraction of sp³-hybridized carbons (Fsp3) is 0. The van der Waals surface area contributed by atoms with E-state index >= 15 is 0 Å². The Balaban J connectivity index is 0.947. The van der Waals surface area contributed by atoms with Crippen molar-refractivity contribution < 1.29 is 13.3 Å². The molecule has 0 amide bonds. The highest BCUT2D eigenvalue weighted by atomic mass is 16.3. The molecule has 0 saturated heterocycles. The van der Waals surface area contributed by atoms with Crippen molar-refractivity contribution in [1.82, 2.24) is 0 Å². The monoisotopic (exact) mass is 743 g/mol. The third kappa shape index (κ3) is 5.16. The van der Waals surface area contributed by atoms with Gasteiger partial charge in [-0.15, -0.1) is 0 Å². The normalized spacial score (nSPS) is 11.8. The van der Waals surface area contributed by atoms with Gasteiger partial charge in [-0.3, -0.25) is 0 Å². The molecule has 3 heterocycles. The Hall–Kier alpha value is -7.82. The van der Waals surface area contributed by atoms with Crippen LogP contribution in [0, 0.1) is 0 Å². The lowest BCUT2D eigenvalue weighted by Crippen LogP contribution is -2.09. The van der Waals surface area contributed by atoms with Gasteiger partial charge in [0.15, 0.2) is 0 Å². The van der Waals surface area contributed by atoms with E-state index < -0.39 is 0 Å². The SMILES string of the molecule is c1ccc2c(c1)oc1ccc(-c3ccc(N(c4ccc(-c5cccc6c5oc5ccccc56)cc4)c4ccc(-c5cccc6c5oc5ccccc56)cc4)cc3)cc12. The number of fused-ring (bicyclic) bond motifs is 9. The predicted molar refractivity (Wildman–Crippen MR) is 239 cm³/mol. The summed E-state index contributed by atoms with van der Waals surface area (Å²) in [5, 5.41) is 6.75. The molecule has 0 N–H and O–H groups in total. The van der Waals surface area contributed by atoms with Crippen LogP contribution in [0.5, 0.6) is 0 Å². The molecule has 0 unspecified atom stereocenters. The molecule has 0 spiro atoms. The fourth-order valence-corrected chi connectivity index (χ4v) is 8.68. The van der Waals surface area contributed by atoms with Gasteiger partial charge in [0.1, 0.15) is 33.5 Å². The third-order valence-corrected chi connectivity index (χ3v) is 11.5. The van der Waals surface area contributed by atoms with Gasteiger partial charge in [-0.05, 0) is 89.0 Å². The molecule has 0 saturated carbocycles. The minimum atomic E-state index is 0.896. The van der Waals surface area contributed by atoms with Crippen LogP contribution < -0.4 is 4.90 Å². The molecular formula is C54H33NO3. The zero-order valence-corrected chi connectivity index (χ0v) is 31.2. The Bertz CT molecular complexity index is 3340. The van der Waals surface area contributed by atoms with E-state index in [2.05, 4.69) is 169 Å². The van der Waals surface area contributed by atoms with Crippen molar-refractivity contribution in [2.75, 3.05) is 4.90 Å². The first kappa shape index (κ1) is 32.4. The highest BCUT2D eigenvalue weighted by Crippen LogP contribution is 2.42. The van der Waals surface area contributed by atoms with Crippen LogP contribution in [0.3, 0.4) is 0 Å². The Morgan fingerprint density at radius 2 is 0.638 bits per heavy atom. The fourth-order valence-electron chi connectivity index (χ4n) is 8.68. The molecule has 12 aromatic rings. The molecule has 4 heteroatoms. The number of hydrogen-bond acceptors (Lipinski definition) is 4. The number of rotatable bonds is 6. The molecule has 0 bridgehead atoms. The van der Waals surface area contributed by atoms with Gasteiger partial charge in [0, 0.05) is 60.5 Å². The van der Waals surface area contributed by atoms with E-state index in [4.69, 9.17) is 13.3 Å². The summed E-state index contributed by atoms with van der Waals surface area (Å²) in [7, 11) is 0. The lowest BCUT2D eigenvalue weighted by atomic mass is 10.0. The minimum Gasteiger partial charge on any atom is -0.456 e. The van der Waals surface area contributed by atoms with Gasteiger partial charge < -0.3 is 18.2 Å². The van der Waals surface area contributed by atoms with E-state index in [0.717, 1.165) is 116 Å². The average molecular weight is 744 g/mol. The Morgan fingerprint density at radius 1 is 0.259 bits per heavy atom. The van der Waals surface area contributed by atoms with E-state index in [1.54, 1.807) is 0 Å². The molecule has 0 aliphatic carbocycles. The van der Waals surface area contributed by atoms with Crippen LogP contribution in [0.25, 0.3) is 99.2 Å². The summed E-state index contributed by atoms with van der Waals surface area (Å²) in [4.78, 5) is 2.31. The van der Waals surface area contributed by atoms with Gasteiger partial charge in [0.05, 0.1) is 0 Å². The van der Waals surface area contributed by atoms with Crippen LogP contribution in [0.1, 0.15) is 0 Å². The average Bonchev–Trinajstić information content (AvgIpc) is 3.98. The second kappa shape index (κ2) is 12.9. The number of nitrogens with zero attached hydrogens (tertiary/aromatic N) is 1. The van der Waals surface area contributed by atoms with Gasteiger partial charge in [-0.2, -0.15) is 0 Å². The standard InChI is InChI=1S/C54H33NO3/c1-5-17-50-43(9-1)46-14-7-12-41(53(46)57-50)35-21-28-39(29-22-35)55(38-26-19-34(20-27-38)37-25-32-52-48(33-37)45-11-3-4-16-49(45)56-52)40-30-23-36(24-31-40)42-13-8-15-47-44-10-2-6-18-51(44)58-54(42)47/h1-33H. The maximum absolute atomic E-state index is 6.41. The molecule has 0 radical (unpaired) electrons. The number of benzene rings is 9. The van der Waals surface area contributed by atoms with Crippen molar-refractivity contribution in [3.63, 3.8) is 0 Å². The van der Waals surface area contributed by atoms with Crippen LogP contribution in [0.2, 0.25) is 0 Å². The van der Waals surface area contributed by atoms with Crippen molar-refractivity contribution in [2.24, 2.45) is 0 Å². The zero-order valence-electron chi connectivity index (χ0n) is 31.2. The maximum atomic E-state index is 6.41. The molecule has 0 aliphatic rings. The highest BCUT2D eigenvalue weighted by molar-refractivity contribution is 6.11. The Morgan fingerprint density at radius 3 is 1.14 bits per heavy atom. The molecule has 9 aromatic carbocycles. The molecule has 0 fully saturated rings. The van der Waals surface area contributed by atoms with Crippen molar-refractivity contribution in [3.8, 4) is 33.4 Å². The summed E-state index contributed by atoms with van der Waals surface area (Å²) in [6, 6.07) is 70.3. The van der Waals surface area contributed by atoms with Gasteiger partial charge in [-0.25, -0.2) is 0 Å². The third-order valence-electron chi connectivity index (χ3n) is 11.5. The van der Waals surface area contributed by atoms with E-state index in [1.807, 2.05) is 36.4 Å². The van der Waals surface area contributed by atoms with Crippen LogP contribution >= 0.6 is 0 Å². The number of hydrogen-bond donors (Lipinski definition) is 0. The van der Waals surface area contributed by atoms with Crippen LogP contribution in [-0.2, 0) is 0 Å². The molecule has 12 rings (SSSR count). The van der Waals surface area contributed by atoms with Gasteiger partial charge >= 0.3 is 0 Å². The van der Waals surface area contributed by atoms with Gasteiger partial charge in [-0.1, -0.05) is 133 Å². The Kier molecular flexibility index (Phi) is 7.20. The summed E-state index contributed by atoms with van der Waals surface area (Å²) < 4.78 is 18.9. The topological polar surface area (TPSA) is 42.7 Å². The first-order valence-corrected chi connectivity index (χ1v) is 19.6. The molecule has 3 aromatic heterocycles.